The van der Waals surface area contributed by atoms with Gasteiger partial charge in [-0.1, -0.05) is 82.7 Å². The summed E-state index contributed by atoms with van der Waals surface area (Å²) >= 11 is 3.54. The van der Waals surface area contributed by atoms with E-state index in [0.717, 1.165) is 48.3 Å². The van der Waals surface area contributed by atoms with Gasteiger partial charge in [0.15, 0.2) is 0 Å². The molecule has 34 heavy (non-hydrogen) atoms. The summed E-state index contributed by atoms with van der Waals surface area (Å²) in [4.78, 5) is 29.3. The molecule has 0 bridgehead atoms. The highest BCUT2D eigenvalue weighted by Crippen LogP contribution is 2.31. The van der Waals surface area contributed by atoms with Gasteiger partial charge in [-0.15, -0.1) is 0 Å². The predicted molar refractivity (Wildman–Crippen MR) is 137 cm³/mol. The zero-order valence-electron chi connectivity index (χ0n) is 18.2. The Hall–Kier alpha value is -3.83. The van der Waals surface area contributed by atoms with Crippen molar-refractivity contribution in [3.63, 3.8) is 0 Å². The van der Waals surface area contributed by atoms with Crippen LogP contribution in [0.4, 0.5) is 0 Å². The molecule has 1 heterocycles. The fourth-order valence-electron chi connectivity index (χ4n) is 4.29. The van der Waals surface area contributed by atoms with Gasteiger partial charge in [0, 0.05) is 16.9 Å². The number of esters is 2. The van der Waals surface area contributed by atoms with E-state index < -0.39 is 11.9 Å². The number of hydrogen-bond donors (Lipinski definition) is 0. The molecule has 0 atom stereocenters. The number of halogens is 1. The first kappa shape index (κ1) is 22.0. The first-order chi connectivity index (χ1) is 16.6. The lowest BCUT2D eigenvalue weighted by atomic mass is 9.94. The molecule has 0 radical (unpaired) electrons. The van der Waals surface area contributed by atoms with Gasteiger partial charge in [0.1, 0.15) is 0 Å². The van der Waals surface area contributed by atoms with Crippen LogP contribution in [0.5, 0.6) is 0 Å². The molecule has 1 aromatic heterocycles. The molecule has 5 heteroatoms. The van der Waals surface area contributed by atoms with E-state index in [4.69, 9.17) is 4.74 Å². The van der Waals surface area contributed by atoms with Gasteiger partial charge in [-0.3, -0.25) is 14.6 Å². The van der Waals surface area contributed by atoms with Crippen molar-refractivity contribution in [2.45, 2.75) is 12.8 Å². The van der Waals surface area contributed by atoms with E-state index in [1.54, 1.807) is 12.4 Å². The molecule has 0 N–H and O–H groups in total. The zero-order valence-corrected chi connectivity index (χ0v) is 19.8. The molecule has 0 spiro atoms. The Labute approximate surface area is 205 Å². The molecule has 0 saturated carbocycles. The standard InChI is InChI=1S/C29H20BrNO3/c30-27-12-10-21(23-6-2-4-8-26(23)27)18-29(33)34-28(32)17-20-9-11-24(19-13-15-31-16-14-19)25-7-3-1-5-22(20)25/h1-16H,17-18H2. The Morgan fingerprint density at radius 1 is 0.647 bits per heavy atom. The molecule has 0 aliphatic carbocycles. The van der Waals surface area contributed by atoms with Crippen molar-refractivity contribution in [3.05, 3.63) is 113 Å². The predicted octanol–water partition coefficient (Wildman–Crippen LogP) is 6.67. The second-order valence-electron chi connectivity index (χ2n) is 8.01. The number of rotatable bonds is 5. The number of nitrogens with zero attached hydrogens (tertiary/aromatic N) is 1. The van der Waals surface area contributed by atoms with Crippen LogP contribution in [-0.4, -0.2) is 16.9 Å². The summed E-state index contributed by atoms with van der Waals surface area (Å²) in [6, 6.07) is 27.4. The summed E-state index contributed by atoms with van der Waals surface area (Å²) in [5.41, 5.74) is 3.76. The minimum absolute atomic E-state index is 0.0178. The van der Waals surface area contributed by atoms with Crippen molar-refractivity contribution < 1.29 is 14.3 Å². The number of hydrogen-bond acceptors (Lipinski definition) is 4. The first-order valence-corrected chi connectivity index (χ1v) is 11.7. The Kier molecular flexibility index (Phi) is 6.19. The lowest BCUT2D eigenvalue weighted by Gasteiger charge is -2.12. The Morgan fingerprint density at radius 3 is 1.82 bits per heavy atom. The van der Waals surface area contributed by atoms with E-state index in [2.05, 4.69) is 20.9 Å². The molecule has 0 aliphatic rings. The minimum Gasteiger partial charge on any atom is -0.393 e. The third kappa shape index (κ3) is 4.47. The van der Waals surface area contributed by atoms with Crippen LogP contribution in [0.2, 0.25) is 0 Å². The van der Waals surface area contributed by atoms with Crippen molar-refractivity contribution in [2.75, 3.05) is 0 Å². The van der Waals surface area contributed by atoms with Crippen LogP contribution < -0.4 is 0 Å². The van der Waals surface area contributed by atoms with E-state index in [-0.39, 0.29) is 12.8 Å². The third-order valence-corrected chi connectivity index (χ3v) is 6.56. The van der Waals surface area contributed by atoms with E-state index >= 15 is 0 Å². The van der Waals surface area contributed by atoms with Gasteiger partial charge in [0.2, 0.25) is 0 Å². The van der Waals surface area contributed by atoms with E-state index in [9.17, 15) is 9.59 Å². The second-order valence-corrected chi connectivity index (χ2v) is 8.86. The molecular formula is C29H20BrNO3. The van der Waals surface area contributed by atoms with E-state index in [0.29, 0.717) is 0 Å². The first-order valence-electron chi connectivity index (χ1n) is 10.9. The number of carbonyl (C=O) groups excluding carboxylic acids is 2. The van der Waals surface area contributed by atoms with Gasteiger partial charge in [-0.25, -0.2) is 0 Å². The van der Waals surface area contributed by atoms with Crippen molar-refractivity contribution in [1.29, 1.82) is 0 Å². The number of carbonyl (C=O) groups is 2. The average Bonchev–Trinajstić information content (AvgIpc) is 2.86. The van der Waals surface area contributed by atoms with Crippen LogP contribution in [0.3, 0.4) is 0 Å². The summed E-state index contributed by atoms with van der Waals surface area (Å²) in [6.45, 7) is 0. The van der Waals surface area contributed by atoms with Gasteiger partial charge in [0.25, 0.3) is 0 Å². The molecular weight excluding hydrogens is 490 g/mol. The van der Waals surface area contributed by atoms with E-state index in [1.807, 2.05) is 84.9 Å². The normalized spacial score (nSPS) is 11.0. The molecule has 5 rings (SSSR count). The summed E-state index contributed by atoms with van der Waals surface area (Å²) < 4.78 is 6.16. The van der Waals surface area contributed by atoms with Crippen molar-refractivity contribution in [2.24, 2.45) is 0 Å². The number of benzene rings is 4. The summed E-state index contributed by atoms with van der Waals surface area (Å²) in [5, 5.41) is 3.96. The van der Waals surface area contributed by atoms with Crippen molar-refractivity contribution in [3.8, 4) is 11.1 Å². The Balaban J connectivity index is 1.35. The number of ether oxygens (including phenoxy) is 1. The topological polar surface area (TPSA) is 56.3 Å². The average molecular weight is 510 g/mol. The molecule has 0 aliphatic heterocycles. The maximum absolute atomic E-state index is 12.7. The highest BCUT2D eigenvalue weighted by molar-refractivity contribution is 9.10. The van der Waals surface area contributed by atoms with Crippen LogP contribution in [0, 0.1) is 0 Å². The van der Waals surface area contributed by atoms with Crippen LogP contribution in [0.1, 0.15) is 11.1 Å². The van der Waals surface area contributed by atoms with Crippen LogP contribution in [0.15, 0.2) is 102 Å². The van der Waals surface area contributed by atoms with Crippen LogP contribution in [0.25, 0.3) is 32.7 Å². The van der Waals surface area contributed by atoms with Crippen molar-refractivity contribution >= 4 is 49.4 Å². The number of pyridine rings is 1. The maximum Gasteiger partial charge on any atom is 0.317 e. The monoisotopic (exact) mass is 509 g/mol. The molecule has 0 fully saturated rings. The van der Waals surface area contributed by atoms with Gasteiger partial charge in [-0.2, -0.15) is 0 Å². The van der Waals surface area contributed by atoms with Crippen LogP contribution >= 0.6 is 15.9 Å². The van der Waals surface area contributed by atoms with Gasteiger partial charge < -0.3 is 4.74 Å². The van der Waals surface area contributed by atoms with Crippen molar-refractivity contribution in [1.82, 2.24) is 4.98 Å². The molecule has 166 valence electrons. The lowest BCUT2D eigenvalue weighted by Crippen LogP contribution is -2.16. The summed E-state index contributed by atoms with van der Waals surface area (Å²) in [6.07, 6.45) is 3.57. The minimum atomic E-state index is -0.562. The maximum atomic E-state index is 12.7. The number of fused-ring (bicyclic) bond motifs is 2. The SMILES string of the molecule is O=C(Cc1ccc(Br)c2ccccc12)OC(=O)Cc1ccc(-c2ccncc2)c2ccccc12. The lowest BCUT2D eigenvalue weighted by molar-refractivity contribution is -0.158. The molecule has 0 amide bonds. The summed E-state index contributed by atoms with van der Waals surface area (Å²) in [5.74, 6) is -1.12. The molecule has 4 aromatic carbocycles. The smallest absolute Gasteiger partial charge is 0.317 e. The fraction of sp³-hybridized carbons (Fsp3) is 0.0690. The highest BCUT2D eigenvalue weighted by atomic mass is 79.9. The van der Waals surface area contributed by atoms with Crippen LogP contribution in [-0.2, 0) is 27.2 Å². The Morgan fingerprint density at radius 2 is 1.18 bits per heavy atom. The summed E-state index contributed by atoms with van der Waals surface area (Å²) in [7, 11) is 0. The van der Waals surface area contributed by atoms with Gasteiger partial charge in [-0.05, 0) is 62.0 Å². The quantitative estimate of drug-likeness (QED) is 0.196. The zero-order chi connectivity index (χ0) is 23.5. The fourth-order valence-corrected chi connectivity index (χ4v) is 4.77. The van der Waals surface area contributed by atoms with E-state index in [1.165, 1.54) is 0 Å². The molecule has 5 aromatic rings. The number of aromatic nitrogens is 1. The third-order valence-electron chi connectivity index (χ3n) is 5.86. The largest absolute Gasteiger partial charge is 0.393 e. The molecule has 4 nitrogen and oxygen atoms in total. The molecule has 0 unspecified atom stereocenters. The second kappa shape index (κ2) is 9.57. The highest BCUT2D eigenvalue weighted by Gasteiger charge is 2.16. The van der Waals surface area contributed by atoms with Gasteiger partial charge in [0.05, 0.1) is 12.8 Å². The Bertz CT molecular complexity index is 1530. The van der Waals surface area contributed by atoms with Gasteiger partial charge >= 0.3 is 11.9 Å². The molecule has 0 saturated heterocycles.